The van der Waals surface area contributed by atoms with Crippen molar-refractivity contribution in [2.24, 2.45) is 0 Å². The average molecular weight is 188 g/mol. The van der Waals surface area contributed by atoms with Crippen molar-refractivity contribution >= 4 is 0 Å². The van der Waals surface area contributed by atoms with Crippen molar-refractivity contribution in [3.8, 4) is 11.5 Å². The monoisotopic (exact) mass is 188 g/mol. The van der Waals surface area contributed by atoms with E-state index in [4.69, 9.17) is 4.74 Å². The quantitative estimate of drug-likeness (QED) is 0.722. The molecule has 3 heteroatoms. The van der Waals surface area contributed by atoms with Gasteiger partial charge in [-0.15, -0.1) is 0 Å². The normalized spacial score (nSPS) is 9.79. The van der Waals surface area contributed by atoms with E-state index in [1.54, 1.807) is 24.4 Å². The van der Waals surface area contributed by atoms with Crippen molar-refractivity contribution in [3.63, 3.8) is 0 Å². The van der Waals surface area contributed by atoms with Gasteiger partial charge in [0.1, 0.15) is 5.75 Å². The number of hydrogen-bond acceptors (Lipinski definition) is 2. The van der Waals surface area contributed by atoms with Gasteiger partial charge in [0.25, 0.3) is 0 Å². The van der Waals surface area contributed by atoms with Gasteiger partial charge < -0.3 is 4.74 Å². The molecule has 0 aliphatic rings. The van der Waals surface area contributed by atoms with Crippen molar-refractivity contribution in [3.05, 3.63) is 54.6 Å². The van der Waals surface area contributed by atoms with E-state index in [1.807, 2.05) is 0 Å². The van der Waals surface area contributed by atoms with Gasteiger partial charge in [0.05, 0.1) is 6.20 Å². The topological polar surface area (TPSA) is 22.1 Å². The highest BCUT2D eigenvalue weighted by molar-refractivity contribution is 5.29. The van der Waals surface area contributed by atoms with Crippen molar-refractivity contribution in [1.29, 1.82) is 0 Å². The number of ether oxygens (including phenoxy) is 1. The largest absolute Gasteiger partial charge is 0.453 e. The Bertz CT molecular complexity index is 417. The van der Waals surface area contributed by atoms with Crippen LogP contribution in [-0.4, -0.2) is 4.98 Å². The minimum Gasteiger partial charge on any atom is -0.453 e. The van der Waals surface area contributed by atoms with E-state index >= 15 is 0 Å². The SMILES string of the molecule is Fc1c[c]ccc1Oc1cccnc1. The molecule has 1 aromatic carbocycles. The number of rotatable bonds is 2. The van der Waals surface area contributed by atoms with E-state index in [0.717, 1.165) is 0 Å². The van der Waals surface area contributed by atoms with Gasteiger partial charge in [-0.25, -0.2) is 4.39 Å². The second-order valence-electron chi connectivity index (χ2n) is 2.65. The molecule has 2 nitrogen and oxygen atoms in total. The summed E-state index contributed by atoms with van der Waals surface area (Å²) in [4.78, 5) is 3.86. The van der Waals surface area contributed by atoms with E-state index in [-0.39, 0.29) is 5.75 Å². The minimum atomic E-state index is -0.434. The Morgan fingerprint density at radius 1 is 1.36 bits per heavy atom. The highest BCUT2D eigenvalue weighted by Gasteiger charge is 2.02. The molecule has 2 aromatic rings. The lowest BCUT2D eigenvalue weighted by atomic mass is 10.3. The molecule has 0 saturated heterocycles. The molecule has 0 fully saturated rings. The Balaban J connectivity index is 2.24. The second kappa shape index (κ2) is 3.87. The van der Waals surface area contributed by atoms with Gasteiger partial charge in [-0.1, -0.05) is 6.07 Å². The molecule has 14 heavy (non-hydrogen) atoms. The van der Waals surface area contributed by atoms with Crippen LogP contribution < -0.4 is 4.74 Å². The summed E-state index contributed by atoms with van der Waals surface area (Å²) in [6.07, 6.45) is 3.15. The summed E-state index contributed by atoms with van der Waals surface area (Å²) in [5.41, 5.74) is 0. The molecule has 0 aliphatic heterocycles. The fourth-order valence-electron chi connectivity index (χ4n) is 1.01. The number of benzene rings is 1. The number of nitrogens with zero attached hydrogens (tertiary/aromatic N) is 1. The molecule has 1 heterocycles. The van der Waals surface area contributed by atoms with Gasteiger partial charge in [0, 0.05) is 6.20 Å². The summed E-state index contributed by atoms with van der Waals surface area (Å²) in [6, 6.07) is 10.4. The second-order valence-corrected chi connectivity index (χ2v) is 2.65. The van der Waals surface area contributed by atoms with Crippen LogP contribution in [0, 0.1) is 11.9 Å². The maximum Gasteiger partial charge on any atom is 0.166 e. The molecule has 0 bridgehead atoms. The third-order valence-electron chi connectivity index (χ3n) is 1.64. The van der Waals surface area contributed by atoms with Crippen LogP contribution in [0.1, 0.15) is 0 Å². The summed E-state index contributed by atoms with van der Waals surface area (Å²) in [6.45, 7) is 0. The number of hydrogen-bond donors (Lipinski definition) is 0. The molecule has 1 radical (unpaired) electrons. The van der Waals surface area contributed by atoms with Gasteiger partial charge in [-0.3, -0.25) is 4.98 Å². The minimum absolute atomic E-state index is 0.178. The average Bonchev–Trinajstić information content (AvgIpc) is 2.23. The lowest BCUT2D eigenvalue weighted by Gasteiger charge is -2.04. The Morgan fingerprint density at radius 2 is 2.29 bits per heavy atom. The molecule has 2 rings (SSSR count). The van der Waals surface area contributed by atoms with Crippen molar-refractivity contribution in [1.82, 2.24) is 4.98 Å². The summed E-state index contributed by atoms with van der Waals surface area (Å²) >= 11 is 0. The zero-order chi connectivity index (χ0) is 9.80. The van der Waals surface area contributed by atoms with E-state index in [9.17, 15) is 4.39 Å². The molecule has 0 atom stereocenters. The molecule has 1 aromatic heterocycles. The summed E-state index contributed by atoms with van der Waals surface area (Å²) < 4.78 is 18.4. The van der Waals surface area contributed by atoms with Gasteiger partial charge in [-0.05, 0) is 30.3 Å². The Hall–Kier alpha value is -1.90. The first-order chi connectivity index (χ1) is 6.86. The molecule has 0 saturated carbocycles. The lowest BCUT2D eigenvalue weighted by molar-refractivity contribution is 0.440. The van der Waals surface area contributed by atoms with Crippen LogP contribution in [0.15, 0.2) is 42.7 Å². The molecule has 69 valence electrons. The number of pyridine rings is 1. The zero-order valence-corrected chi connectivity index (χ0v) is 7.27. The van der Waals surface area contributed by atoms with E-state index in [2.05, 4.69) is 11.1 Å². The Kier molecular flexibility index (Phi) is 2.40. The first-order valence-electron chi connectivity index (χ1n) is 4.10. The molecule has 0 aliphatic carbocycles. The highest BCUT2D eigenvalue weighted by Crippen LogP contribution is 2.22. The van der Waals surface area contributed by atoms with Crippen LogP contribution in [0.2, 0.25) is 0 Å². The Labute approximate surface area is 81.0 Å². The van der Waals surface area contributed by atoms with Gasteiger partial charge in [0.15, 0.2) is 11.6 Å². The molecule has 0 N–H and O–H groups in total. The number of aromatic nitrogens is 1. The van der Waals surface area contributed by atoms with Crippen LogP contribution in [0.25, 0.3) is 0 Å². The van der Waals surface area contributed by atoms with Gasteiger partial charge >= 0.3 is 0 Å². The van der Waals surface area contributed by atoms with Gasteiger partial charge in [-0.2, -0.15) is 0 Å². The van der Waals surface area contributed by atoms with Crippen LogP contribution in [0.3, 0.4) is 0 Å². The maximum atomic E-state index is 13.1. The van der Waals surface area contributed by atoms with Gasteiger partial charge in [0.2, 0.25) is 0 Å². The van der Waals surface area contributed by atoms with E-state index in [1.165, 1.54) is 18.3 Å². The standard InChI is InChI=1S/C11H7FNO/c12-10-5-1-2-6-11(10)14-9-4-3-7-13-8-9/h2-8H. The summed E-state index contributed by atoms with van der Waals surface area (Å²) in [7, 11) is 0. The van der Waals surface area contributed by atoms with Crippen molar-refractivity contribution < 1.29 is 9.13 Å². The third-order valence-corrected chi connectivity index (χ3v) is 1.64. The summed E-state index contributed by atoms with van der Waals surface area (Å²) in [5.74, 6) is 0.255. The predicted octanol–water partition coefficient (Wildman–Crippen LogP) is 2.81. The van der Waals surface area contributed by atoms with Crippen LogP contribution in [0.5, 0.6) is 11.5 Å². The smallest absolute Gasteiger partial charge is 0.166 e. The molecular formula is C11H7FNO. The summed E-state index contributed by atoms with van der Waals surface area (Å²) in [5, 5.41) is 0. The fraction of sp³-hybridized carbons (Fsp3) is 0. The first kappa shape index (κ1) is 8.69. The third kappa shape index (κ3) is 1.88. The fourth-order valence-corrected chi connectivity index (χ4v) is 1.01. The molecular weight excluding hydrogens is 181 g/mol. The van der Waals surface area contributed by atoms with Crippen LogP contribution in [0.4, 0.5) is 4.39 Å². The molecule has 0 amide bonds. The molecule has 0 spiro atoms. The van der Waals surface area contributed by atoms with E-state index < -0.39 is 5.82 Å². The van der Waals surface area contributed by atoms with Crippen molar-refractivity contribution in [2.45, 2.75) is 0 Å². The predicted molar refractivity (Wildman–Crippen MR) is 49.5 cm³/mol. The van der Waals surface area contributed by atoms with E-state index in [0.29, 0.717) is 5.75 Å². The molecule has 0 unspecified atom stereocenters. The van der Waals surface area contributed by atoms with Crippen molar-refractivity contribution in [2.75, 3.05) is 0 Å². The number of halogens is 1. The maximum absolute atomic E-state index is 13.1. The van der Waals surface area contributed by atoms with Crippen LogP contribution >= 0.6 is 0 Å². The zero-order valence-electron chi connectivity index (χ0n) is 7.27. The lowest BCUT2D eigenvalue weighted by Crippen LogP contribution is -1.87. The highest BCUT2D eigenvalue weighted by atomic mass is 19.1. The first-order valence-corrected chi connectivity index (χ1v) is 4.10. The van der Waals surface area contributed by atoms with Crippen LogP contribution in [-0.2, 0) is 0 Å². The Morgan fingerprint density at radius 3 is 3.00 bits per heavy atom.